The fourth-order valence-corrected chi connectivity index (χ4v) is 3.95. The second-order valence-corrected chi connectivity index (χ2v) is 7.38. The fraction of sp³-hybridized carbons (Fsp3) is 0.550. The molecule has 7 nitrogen and oxygen atoms in total. The summed E-state index contributed by atoms with van der Waals surface area (Å²) in [5, 5.41) is 5.61. The molecule has 1 saturated carbocycles. The molecule has 0 radical (unpaired) electrons. The van der Waals surface area contributed by atoms with E-state index in [1.807, 2.05) is 25.1 Å². The predicted molar refractivity (Wildman–Crippen MR) is 101 cm³/mol. The zero-order valence-corrected chi connectivity index (χ0v) is 16.0. The maximum absolute atomic E-state index is 12.7. The van der Waals surface area contributed by atoms with Gasteiger partial charge in [0.2, 0.25) is 5.91 Å². The highest BCUT2D eigenvalue weighted by Crippen LogP contribution is 2.33. The number of nitrogens with one attached hydrogen (secondary N) is 2. The molecule has 7 heteroatoms. The third-order valence-corrected chi connectivity index (χ3v) is 5.41. The van der Waals surface area contributed by atoms with E-state index < -0.39 is 11.6 Å². The van der Waals surface area contributed by atoms with Crippen molar-refractivity contribution in [3.05, 3.63) is 29.3 Å². The van der Waals surface area contributed by atoms with E-state index in [9.17, 15) is 14.4 Å². The van der Waals surface area contributed by atoms with Crippen LogP contribution < -0.4 is 15.4 Å². The summed E-state index contributed by atoms with van der Waals surface area (Å²) < 4.78 is 5.34. The maximum Gasteiger partial charge on any atom is 0.325 e. The molecule has 2 fully saturated rings. The lowest BCUT2D eigenvalue weighted by molar-refractivity contribution is -0.135. The van der Waals surface area contributed by atoms with Crippen LogP contribution in [0.3, 0.4) is 0 Å². The minimum absolute atomic E-state index is 0.239. The molecule has 1 spiro atoms. The first-order valence-corrected chi connectivity index (χ1v) is 9.49. The molecule has 0 atom stereocenters. The number of carbonyl (C=O) groups is 3. The molecule has 1 aliphatic carbocycles. The van der Waals surface area contributed by atoms with E-state index in [0.717, 1.165) is 41.0 Å². The lowest BCUT2D eigenvalue weighted by atomic mass is 9.82. The number of ether oxygens (including phenoxy) is 1. The van der Waals surface area contributed by atoms with Gasteiger partial charge in [-0.25, -0.2) is 4.79 Å². The molecular formula is C20H27N3O4. The first-order chi connectivity index (χ1) is 12.9. The largest absolute Gasteiger partial charge is 0.496 e. The Labute approximate surface area is 159 Å². The monoisotopic (exact) mass is 373 g/mol. The molecule has 1 aliphatic heterocycles. The van der Waals surface area contributed by atoms with E-state index in [0.29, 0.717) is 25.8 Å². The van der Waals surface area contributed by atoms with E-state index in [1.165, 1.54) is 0 Å². The van der Waals surface area contributed by atoms with Crippen LogP contribution in [0.2, 0.25) is 0 Å². The molecule has 0 bridgehead atoms. The predicted octanol–water partition coefficient (Wildman–Crippen LogP) is 1.92. The minimum Gasteiger partial charge on any atom is -0.496 e. The van der Waals surface area contributed by atoms with Crippen LogP contribution in [0, 0.1) is 6.92 Å². The number of amides is 4. The number of carbonyl (C=O) groups excluding carboxylic acids is 3. The van der Waals surface area contributed by atoms with Crippen molar-refractivity contribution in [1.82, 2.24) is 15.5 Å². The van der Waals surface area contributed by atoms with E-state index in [-0.39, 0.29) is 18.4 Å². The molecule has 2 aliphatic rings. The topological polar surface area (TPSA) is 87.7 Å². The standard InChI is InChI=1S/C20H27N3O4/c1-14-6-7-16(27-2)15(12-14)8-11-21-17(24)13-23-18(25)20(22-19(23)26)9-4-3-5-10-20/h6-7,12H,3-5,8-11,13H2,1-2H3,(H,21,24)(H,22,26). The van der Waals surface area contributed by atoms with E-state index in [4.69, 9.17) is 4.74 Å². The summed E-state index contributed by atoms with van der Waals surface area (Å²) in [5.41, 5.74) is 1.34. The van der Waals surface area contributed by atoms with Crippen molar-refractivity contribution in [2.24, 2.45) is 0 Å². The summed E-state index contributed by atoms with van der Waals surface area (Å²) in [6, 6.07) is 5.44. The van der Waals surface area contributed by atoms with Gasteiger partial charge in [-0.15, -0.1) is 0 Å². The van der Waals surface area contributed by atoms with Gasteiger partial charge in [0.25, 0.3) is 5.91 Å². The zero-order valence-electron chi connectivity index (χ0n) is 16.0. The third kappa shape index (κ3) is 4.07. The van der Waals surface area contributed by atoms with Gasteiger partial charge in [-0.2, -0.15) is 0 Å². The van der Waals surface area contributed by atoms with Crippen molar-refractivity contribution in [3.8, 4) is 5.75 Å². The second-order valence-electron chi connectivity index (χ2n) is 7.38. The van der Waals surface area contributed by atoms with Gasteiger partial charge in [0.15, 0.2) is 0 Å². The molecule has 0 unspecified atom stereocenters. The summed E-state index contributed by atoms with van der Waals surface area (Å²) >= 11 is 0. The molecule has 3 rings (SSSR count). The van der Waals surface area contributed by atoms with Crippen molar-refractivity contribution in [1.29, 1.82) is 0 Å². The van der Waals surface area contributed by atoms with Crippen molar-refractivity contribution >= 4 is 17.8 Å². The quantitative estimate of drug-likeness (QED) is 0.746. The Kier molecular flexibility index (Phi) is 5.68. The van der Waals surface area contributed by atoms with Gasteiger partial charge in [0.05, 0.1) is 7.11 Å². The molecular weight excluding hydrogens is 346 g/mol. The number of benzene rings is 1. The summed E-state index contributed by atoms with van der Waals surface area (Å²) in [7, 11) is 1.62. The molecule has 4 amide bonds. The highest BCUT2D eigenvalue weighted by atomic mass is 16.5. The Bertz CT molecular complexity index is 741. The lowest BCUT2D eigenvalue weighted by Gasteiger charge is -2.30. The molecule has 146 valence electrons. The van der Waals surface area contributed by atoms with Crippen molar-refractivity contribution in [2.75, 3.05) is 20.2 Å². The smallest absolute Gasteiger partial charge is 0.325 e. The van der Waals surface area contributed by atoms with E-state index >= 15 is 0 Å². The summed E-state index contributed by atoms with van der Waals surface area (Å²) in [6.45, 7) is 2.17. The highest BCUT2D eigenvalue weighted by Gasteiger charge is 2.51. The van der Waals surface area contributed by atoms with Gasteiger partial charge in [-0.05, 0) is 37.8 Å². The maximum atomic E-state index is 12.7. The number of imide groups is 1. The van der Waals surface area contributed by atoms with Crippen LogP contribution in [0.15, 0.2) is 18.2 Å². The van der Waals surface area contributed by atoms with E-state index in [1.54, 1.807) is 7.11 Å². The van der Waals surface area contributed by atoms with Crippen LogP contribution in [-0.2, 0) is 16.0 Å². The zero-order chi connectivity index (χ0) is 19.4. The van der Waals surface area contributed by atoms with E-state index in [2.05, 4.69) is 10.6 Å². The number of nitrogens with zero attached hydrogens (tertiary/aromatic N) is 1. The highest BCUT2D eigenvalue weighted by molar-refractivity contribution is 6.09. The minimum atomic E-state index is -0.787. The average molecular weight is 373 g/mol. The summed E-state index contributed by atoms with van der Waals surface area (Å²) in [4.78, 5) is 38.2. The van der Waals surface area contributed by atoms with Crippen LogP contribution in [0.25, 0.3) is 0 Å². The van der Waals surface area contributed by atoms with Gasteiger partial charge >= 0.3 is 6.03 Å². The van der Waals surface area contributed by atoms with Crippen LogP contribution in [0.5, 0.6) is 5.75 Å². The molecule has 1 aromatic carbocycles. The average Bonchev–Trinajstić information content (AvgIpc) is 2.86. The van der Waals surface area contributed by atoms with Crippen molar-refractivity contribution in [3.63, 3.8) is 0 Å². The summed E-state index contributed by atoms with van der Waals surface area (Å²) in [6.07, 6.45) is 4.84. The normalized spacial score (nSPS) is 18.5. The summed E-state index contributed by atoms with van der Waals surface area (Å²) in [5.74, 6) is 0.184. The van der Waals surface area contributed by atoms with Crippen molar-refractivity contribution in [2.45, 2.75) is 51.0 Å². The van der Waals surface area contributed by atoms with Crippen LogP contribution >= 0.6 is 0 Å². The fourth-order valence-electron chi connectivity index (χ4n) is 3.95. The first kappa shape index (κ1) is 19.2. The van der Waals surface area contributed by atoms with Crippen LogP contribution in [-0.4, -0.2) is 48.5 Å². The Balaban J connectivity index is 1.53. The number of methoxy groups -OCH3 is 1. The molecule has 1 heterocycles. The number of urea groups is 1. The third-order valence-electron chi connectivity index (χ3n) is 5.41. The van der Waals surface area contributed by atoms with Gasteiger partial charge in [-0.3, -0.25) is 14.5 Å². The van der Waals surface area contributed by atoms with Gasteiger partial charge in [0.1, 0.15) is 17.8 Å². The number of hydrogen-bond acceptors (Lipinski definition) is 4. The number of rotatable bonds is 6. The van der Waals surface area contributed by atoms with Crippen molar-refractivity contribution < 1.29 is 19.1 Å². The Morgan fingerprint density at radius 1 is 1.26 bits per heavy atom. The van der Waals surface area contributed by atoms with Gasteiger partial charge < -0.3 is 15.4 Å². The number of aryl methyl sites for hydroxylation is 1. The lowest BCUT2D eigenvalue weighted by Crippen LogP contribution is -2.49. The molecule has 27 heavy (non-hydrogen) atoms. The molecule has 2 N–H and O–H groups in total. The molecule has 1 aromatic rings. The van der Waals surface area contributed by atoms with Gasteiger partial charge in [-0.1, -0.05) is 37.0 Å². The number of hydrogen-bond donors (Lipinski definition) is 2. The molecule has 0 aromatic heterocycles. The van der Waals surface area contributed by atoms with Crippen LogP contribution in [0.4, 0.5) is 4.79 Å². The Morgan fingerprint density at radius 3 is 2.70 bits per heavy atom. The Hall–Kier alpha value is -2.57. The first-order valence-electron chi connectivity index (χ1n) is 9.49. The van der Waals surface area contributed by atoms with Gasteiger partial charge in [0, 0.05) is 6.54 Å². The second kappa shape index (κ2) is 7.98. The molecule has 1 saturated heterocycles. The SMILES string of the molecule is COc1ccc(C)cc1CCNC(=O)CN1C(=O)NC2(CCCCC2)C1=O. The Morgan fingerprint density at radius 2 is 2.00 bits per heavy atom. The van der Waals surface area contributed by atoms with Crippen LogP contribution in [0.1, 0.15) is 43.2 Å².